The average molecular weight is 317 g/mol. The van der Waals surface area contributed by atoms with Gasteiger partial charge >= 0.3 is 5.97 Å². The van der Waals surface area contributed by atoms with E-state index in [4.69, 9.17) is 9.52 Å². The van der Waals surface area contributed by atoms with E-state index in [0.717, 1.165) is 4.47 Å². The Morgan fingerprint density at radius 1 is 1.67 bits per heavy atom. The predicted octanol–water partition coefficient (Wildman–Crippen LogP) is 0.817. The van der Waals surface area contributed by atoms with Gasteiger partial charge in [0.15, 0.2) is 0 Å². The first kappa shape index (κ1) is 13.1. The summed E-state index contributed by atoms with van der Waals surface area (Å²) in [6.07, 6.45) is 1.35. The van der Waals surface area contributed by atoms with E-state index in [9.17, 15) is 9.59 Å². The summed E-state index contributed by atoms with van der Waals surface area (Å²) >= 11 is 3.34. The lowest BCUT2D eigenvalue weighted by Gasteiger charge is -2.33. The van der Waals surface area contributed by atoms with Crippen molar-refractivity contribution in [3.63, 3.8) is 0 Å². The maximum atomic E-state index is 11.7. The molecule has 1 aliphatic heterocycles. The first-order valence-corrected chi connectivity index (χ1v) is 6.32. The fourth-order valence-corrected chi connectivity index (χ4v) is 2.29. The number of carboxylic acid groups (broad SMARTS) is 1. The van der Waals surface area contributed by atoms with Crippen molar-refractivity contribution in [1.82, 2.24) is 10.2 Å². The van der Waals surface area contributed by atoms with Crippen LogP contribution in [0.3, 0.4) is 0 Å². The Balaban J connectivity index is 2.10. The Kier molecular flexibility index (Phi) is 4.03. The number of halogens is 1. The molecule has 0 bridgehead atoms. The minimum Gasteiger partial charge on any atom is -0.481 e. The number of aliphatic carboxylic acids is 1. The highest BCUT2D eigenvalue weighted by Crippen LogP contribution is 2.21. The number of amides is 1. The van der Waals surface area contributed by atoms with Gasteiger partial charge in [0.05, 0.1) is 23.7 Å². The lowest BCUT2D eigenvalue weighted by molar-refractivity contribution is -0.143. The van der Waals surface area contributed by atoms with Crippen molar-refractivity contribution in [2.45, 2.75) is 19.0 Å². The molecule has 1 atom stereocenters. The molecule has 2 heterocycles. The monoisotopic (exact) mass is 316 g/mol. The van der Waals surface area contributed by atoms with Crippen LogP contribution in [0, 0.1) is 0 Å². The van der Waals surface area contributed by atoms with Gasteiger partial charge in [0.1, 0.15) is 11.8 Å². The van der Waals surface area contributed by atoms with Crippen molar-refractivity contribution in [3.8, 4) is 0 Å². The SMILES string of the molecule is O=C(O)CC1C(=O)NCCN1Cc1occc1Br. The Morgan fingerprint density at radius 2 is 2.44 bits per heavy atom. The van der Waals surface area contributed by atoms with E-state index in [1.54, 1.807) is 12.3 Å². The zero-order valence-electron chi connectivity index (χ0n) is 9.56. The van der Waals surface area contributed by atoms with Crippen LogP contribution in [-0.4, -0.2) is 41.0 Å². The van der Waals surface area contributed by atoms with E-state index in [0.29, 0.717) is 25.4 Å². The number of carboxylic acids is 1. The molecule has 0 radical (unpaired) electrons. The number of hydrogen-bond donors (Lipinski definition) is 2. The predicted molar refractivity (Wildman–Crippen MR) is 65.9 cm³/mol. The Bertz CT molecular complexity index is 460. The van der Waals surface area contributed by atoms with Gasteiger partial charge in [-0.2, -0.15) is 0 Å². The van der Waals surface area contributed by atoms with Gasteiger partial charge in [-0.25, -0.2) is 0 Å². The van der Waals surface area contributed by atoms with Crippen LogP contribution in [0.1, 0.15) is 12.2 Å². The minimum absolute atomic E-state index is 0.204. The number of nitrogens with zero attached hydrogens (tertiary/aromatic N) is 1. The second-order valence-electron chi connectivity index (χ2n) is 4.07. The molecular formula is C11H13BrN2O4. The third-order valence-electron chi connectivity index (χ3n) is 2.85. The third kappa shape index (κ3) is 2.91. The number of carbonyl (C=O) groups is 2. The molecule has 0 aliphatic carbocycles. The number of nitrogens with one attached hydrogen (secondary N) is 1. The molecule has 2 N–H and O–H groups in total. The molecule has 0 spiro atoms. The topological polar surface area (TPSA) is 82.8 Å². The fourth-order valence-electron chi connectivity index (χ4n) is 1.96. The van der Waals surface area contributed by atoms with E-state index >= 15 is 0 Å². The summed E-state index contributed by atoms with van der Waals surface area (Å²) in [5, 5.41) is 11.5. The summed E-state index contributed by atoms with van der Waals surface area (Å²) in [5.41, 5.74) is 0. The van der Waals surface area contributed by atoms with Gasteiger partial charge in [-0.05, 0) is 22.0 Å². The van der Waals surface area contributed by atoms with Crippen molar-refractivity contribution in [2.24, 2.45) is 0 Å². The summed E-state index contributed by atoms with van der Waals surface area (Å²) in [4.78, 5) is 24.3. The first-order chi connectivity index (χ1) is 8.58. The number of hydrogen-bond acceptors (Lipinski definition) is 4. The molecule has 98 valence electrons. The van der Waals surface area contributed by atoms with Gasteiger partial charge in [-0.15, -0.1) is 0 Å². The highest BCUT2D eigenvalue weighted by atomic mass is 79.9. The number of piperazine rings is 1. The van der Waals surface area contributed by atoms with Crippen LogP contribution in [0.4, 0.5) is 0 Å². The van der Waals surface area contributed by atoms with E-state index in [1.165, 1.54) is 0 Å². The zero-order valence-corrected chi connectivity index (χ0v) is 11.1. The van der Waals surface area contributed by atoms with Gasteiger partial charge < -0.3 is 14.8 Å². The van der Waals surface area contributed by atoms with Crippen LogP contribution < -0.4 is 5.32 Å². The Morgan fingerprint density at radius 3 is 3.06 bits per heavy atom. The van der Waals surface area contributed by atoms with Gasteiger partial charge in [0.2, 0.25) is 5.91 Å². The van der Waals surface area contributed by atoms with E-state index < -0.39 is 12.0 Å². The molecule has 1 amide bonds. The normalized spacial score (nSPS) is 20.7. The minimum atomic E-state index is -0.986. The van der Waals surface area contributed by atoms with Crippen LogP contribution in [0.5, 0.6) is 0 Å². The molecule has 1 unspecified atom stereocenters. The van der Waals surface area contributed by atoms with E-state index in [1.807, 2.05) is 4.90 Å². The molecule has 7 heteroatoms. The average Bonchev–Trinajstić information content (AvgIpc) is 2.69. The van der Waals surface area contributed by atoms with Gasteiger partial charge in [0.25, 0.3) is 0 Å². The molecule has 6 nitrogen and oxygen atoms in total. The van der Waals surface area contributed by atoms with Crippen LogP contribution in [0.15, 0.2) is 21.2 Å². The van der Waals surface area contributed by atoms with Crippen molar-refractivity contribution in [2.75, 3.05) is 13.1 Å². The number of carbonyl (C=O) groups excluding carboxylic acids is 1. The molecule has 0 saturated carbocycles. The smallest absolute Gasteiger partial charge is 0.305 e. The number of furan rings is 1. The van der Waals surface area contributed by atoms with Crippen LogP contribution in [0.25, 0.3) is 0 Å². The summed E-state index contributed by atoms with van der Waals surface area (Å²) < 4.78 is 6.11. The Hall–Kier alpha value is -1.34. The largest absolute Gasteiger partial charge is 0.481 e. The Labute approximate surface area is 112 Å². The molecule has 18 heavy (non-hydrogen) atoms. The van der Waals surface area contributed by atoms with E-state index in [2.05, 4.69) is 21.2 Å². The van der Waals surface area contributed by atoms with E-state index in [-0.39, 0.29) is 12.3 Å². The van der Waals surface area contributed by atoms with Gasteiger partial charge in [-0.3, -0.25) is 14.5 Å². The maximum absolute atomic E-state index is 11.7. The van der Waals surface area contributed by atoms with Crippen molar-refractivity contribution in [3.05, 3.63) is 22.6 Å². The second-order valence-corrected chi connectivity index (χ2v) is 4.92. The molecular weight excluding hydrogens is 304 g/mol. The fraction of sp³-hybridized carbons (Fsp3) is 0.455. The maximum Gasteiger partial charge on any atom is 0.305 e. The lowest BCUT2D eigenvalue weighted by atomic mass is 10.1. The molecule has 1 aliphatic rings. The molecule has 1 aromatic heterocycles. The van der Waals surface area contributed by atoms with Gasteiger partial charge in [0, 0.05) is 13.1 Å². The van der Waals surface area contributed by atoms with Crippen molar-refractivity contribution < 1.29 is 19.1 Å². The number of rotatable bonds is 4. The molecule has 2 rings (SSSR count). The standard InChI is InChI=1S/C11H13BrN2O4/c12-7-1-4-18-9(7)6-14-3-2-13-11(17)8(14)5-10(15)16/h1,4,8H,2-3,5-6H2,(H,13,17)(H,15,16). The molecule has 1 fully saturated rings. The molecule has 0 aromatic carbocycles. The quantitative estimate of drug-likeness (QED) is 0.859. The third-order valence-corrected chi connectivity index (χ3v) is 3.55. The summed E-state index contributed by atoms with van der Waals surface area (Å²) in [5.74, 6) is -0.535. The van der Waals surface area contributed by atoms with Crippen LogP contribution in [-0.2, 0) is 16.1 Å². The molecule has 1 aromatic rings. The van der Waals surface area contributed by atoms with Crippen LogP contribution in [0.2, 0.25) is 0 Å². The summed E-state index contributed by atoms with van der Waals surface area (Å²) in [7, 11) is 0. The summed E-state index contributed by atoms with van der Waals surface area (Å²) in [6.45, 7) is 1.54. The van der Waals surface area contributed by atoms with Crippen molar-refractivity contribution in [1.29, 1.82) is 0 Å². The zero-order chi connectivity index (χ0) is 13.1. The second kappa shape index (κ2) is 5.53. The van der Waals surface area contributed by atoms with Crippen molar-refractivity contribution >= 4 is 27.8 Å². The highest BCUT2D eigenvalue weighted by molar-refractivity contribution is 9.10. The highest BCUT2D eigenvalue weighted by Gasteiger charge is 2.32. The lowest BCUT2D eigenvalue weighted by Crippen LogP contribution is -2.55. The molecule has 1 saturated heterocycles. The van der Waals surface area contributed by atoms with Gasteiger partial charge in [-0.1, -0.05) is 0 Å². The first-order valence-electron chi connectivity index (χ1n) is 5.53. The van der Waals surface area contributed by atoms with Crippen LogP contribution >= 0.6 is 15.9 Å². The summed E-state index contributed by atoms with van der Waals surface area (Å²) in [6, 6.07) is 1.12.